The van der Waals surface area contributed by atoms with Crippen molar-refractivity contribution in [3.63, 3.8) is 0 Å². The van der Waals surface area contributed by atoms with Gasteiger partial charge in [0.25, 0.3) is 0 Å². The minimum atomic E-state index is -1.21. The Morgan fingerprint density at radius 2 is 1.65 bits per heavy atom. The van der Waals surface area contributed by atoms with Crippen LogP contribution in [0.2, 0.25) is 0 Å². The second-order valence-corrected chi connectivity index (χ2v) is 9.61. The molecule has 0 spiro atoms. The van der Waals surface area contributed by atoms with Crippen molar-refractivity contribution in [1.29, 1.82) is 0 Å². The van der Waals surface area contributed by atoms with Crippen molar-refractivity contribution >= 4 is 5.97 Å². The maximum atomic E-state index is 10.5. The Morgan fingerprint density at radius 3 is 2.15 bits per heavy atom. The Bertz CT molecular complexity index is 595. The molecule has 9 heteroatoms. The van der Waals surface area contributed by atoms with Crippen LogP contribution >= 0.6 is 0 Å². The largest absolute Gasteiger partial charge is 0.481 e. The normalized spacial score (nSPS) is 24.9. The van der Waals surface area contributed by atoms with Gasteiger partial charge in [0.05, 0.1) is 43.2 Å². The summed E-state index contributed by atoms with van der Waals surface area (Å²) < 4.78 is 0. The minimum absolute atomic E-state index is 0.0802. The summed E-state index contributed by atoms with van der Waals surface area (Å²) in [5, 5.41) is 64.6. The lowest BCUT2D eigenvalue weighted by molar-refractivity contribution is -0.137. The quantitative estimate of drug-likeness (QED) is 0.123. The lowest BCUT2D eigenvalue weighted by Gasteiger charge is -2.23. The van der Waals surface area contributed by atoms with Crippen LogP contribution in [0.3, 0.4) is 0 Å². The summed E-state index contributed by atoms with van der Waals surface area (Å²) in [6, 6.07) is 0. The summed E-state index contributed by atoms with van der Waals surface area (Å²) in [5.74, 6) is -1.04. The zero-order valence-corrected chi connectivity index (χ0v) is 20.7. The average molecular weight is 490 g/mol. The smallest absolute Gasteiger partial charge is 0.303 e. The van der Waals surface area contributed by atoms with Crippen molar-refractivity contribution in [3.05, 3.63) is 24.3 Å². The van der Waals surface area contributed by atoms with Gasteiger partial charge in [-0.25, -0.2) is 0 Å². The molecule has 1 aliphatic rings. The van der Waals surface area contributed by atoms with Gasteiger partial charge >= 0.3 is 5.97 Å². The predicted octanol–water partition coefficient (Wildman–Crippen LogP) is 1.09. The van der Waals surface area contributed by atoms with Crippen LogP contribution in [0.5, 0.6) is 0 Å². The number of hydrogen-bond donors (Lipinski definition) is 8. The predicted molar refractivity (Wildman–Crippen MR) is 131 cm³/mol. The summed E-state index contributed by atoms with van der Waals surface area (Å²) in [6.07, 6.45) is 12.7. The van der Waals surface area contributed by atoms with Gasteiger partial charge in [0.2, 0.25) is 0 Å². The van der Waals surface area contributed by atoms with Crippen LogP contribution < -0.4 is 5.73 Å². The van der Waals surface area contributed by atoms with E-state index < -0.39 is 49.1 Å². The maximum absolute atomic E-state index is 10.5. The fourth-order valence-corrected chi connectivity index (χ4v) is 3.73. The molecule has 5 atom stereocenters. The third-order valence-electron chi connectivity index (χ3n) is 6.16. The monoisotopic (exact) mass is 489 g/mol. The molecule has 0 heterocycles. The summed E-state index contributed by atoms with van der Waals surface area (Å²) in [5.41, 5.74) is 3.05. The Hall–Kier alpha value is -1.33. The number of hydrogen-bond acceptors (Lipinski definition) is 8. The van der Waals surface area contributed by atoms with E-state index in [1.807, 2.05) is 18.2 Å². The lowest BCUT2D eigenvalue weighted by atomic mass is 9.88. The lowest BCUT2D eigenvalue weighted by Crippen LogP contribution is -2.50. The highest BCUT2D eigenvalue weighted by molar-refractivity contribution is 5.66. The molecule has 0 amide bonds. The topological polar surface area (TPSA) is 185 Å². The molecule has 4 unspecified atom stereocenters. The molecule has 0 aromatic carbocycles. The number of rotatable bonds is 15. The molecule has 1 rings (SSSR count). The van der Waals surface area contributed by atoms with E-state index in [-0.39, 0.29) is 18.3 Å². The first-order valence-corrected chi connectivity index (χ1v) is 12.2. The van der Waals surface area contributed by atoms with Gasteiger partial charge in [0.1, 0.15) is 0 Å². The second kappa shape index (κ2) is 17.2. The van der Waals surface area contributed by atoms with E-state index >= 15 is 0 Å². The number of carbonyl (C=O) groups is 1. The fraction of sp³-hybridized carbons (Fsp3) is 0.800. The number of carboxylic acids is 1. The molecule has 9 nitrogen and oxygen atoms in total. The standard InChI is InChI=1S/C21H36O5.C4H11NO3/c1-3-4-9-13-21(2,26)14-12-17-16(18(22)15-19(17)23)10-7-5-6-8-11-20(24)25;5-4(1-6,2-7)3-8/h5,7,12,14,16-19,22-23,26H,3-4,6,8-11,13,15H2,1-2H3,(H,24,25);6-8H,1-3,5H2/t16?,17?,18?,19?,21-;/m0./s1. The van der Waals surface area contributed by atoms with Gasteiger partial charge in [-0.05, 0) is 38.5 Å². The molecule has 200 valence electrons. The molecule has 0 bridgehead atoms. The van der Waals surface area contributed by atoms with Gasteiger partial charge in [-0.2, -0.15) is 0 Å². The highest BCUT2D eigenvalue weighted by atomic mass is 16.4. The number of allylic oxidation sites excluding steroid dienone is 2. The Kier molecular flexibility index (Phi) is 16.5. The van der Waals surface area contributed by atoms with E-state index in [9.17, 15) is 20.1 Å². The van der Waals surface area contributed by atoms with Gasteiger partial charge in [-0.3, -0.25) is 4.79 Å². The van der Waals surface area contributed by atoms with Crippen molar-refractivity contribution in [2.75, 3.05) is 19.8 Å². The number of unbranched alkanes of at least 4 members (excludes halogenated alkanes) is 3. The first-order chi connectivity index (χ1) is 15.9. The van der Waals surface area contributed by atoms with Crippen LogP contribution in [-0.2, 0) is 4.79 Å². The van der Waals surface area contributed by atoms with Crippen molar-refractivity contribution in [3.8, 4) is 0 Å². The molecule has 0 aliphatic heterocycles. The SMILES string of the molecule is CCCCC[C@](C)(O)C=CC1C(O)CC(O)C1CC=CCCCC(=O)O.NC(CO)(CO)CO. The van der Waals surface area contributed by atoms with E-state index in [1.54, 1.807) is 13.0 Å². The molecule has 0 aromatic heterocycles. The molecular formula is C25H47NO8. The van der Waals surface area contributed by atoms with Gasteiger partial charge in [0, 0.05) is 18.8 Å². The van der Waals surface area contributed by atoms with E-state index in [0.29, 0.717) is 32.1 Å². The van der Waals surface area contributed by atoms with Crippen molar-refractivity contribution in [2.24, 2.45) is 17.6 Å². The molecule has 1 saturated carbocycles. The van der Waals surface area contributed by atoms with Crippen molar-refractivity contribution in [2.45, 2.75) is 95.0 Å². The van der Waals surface area contributed by atoms with E-state index in [2.05, 4.69) is 6.92 Å². The molecular weight excluding hydrogens is 442 g/mol. The highest BCUT2D eigenvalue weighted by Gasteiger charge is 2.39. The van der Waals surface area contributed by atoms with Crippen LogP contribution in [-0.4, -0.2) is 84.9 Å². The van der Waals surface area contributed by atoms with Gasteiger partial charge < -0.3 is 41.5 Å². The Balaban J connectivity index is 0.00000116. The summed E-state index contributed by atoms with van der Waals surface area (Å²) >= 11 is 0. The van der Waals surface area contributed by atoms with Crippen LogP contribution in [0.1, 0.15) is 71.6 Å². The summed E-state index contributed by atoms with van der Waals surface area (Å²) in [6.45, 7) is 2.70. The first-order valence-electron chi connectivity index (χ1n) is 12.2. The zero-order chi connectivity index (χ0) is 26.2. The zero-order valence-electron chi connectivity index (χ0n) is 20.7. The van der Waals surface area contributed by atoms with Crippen LogP contribution in [0, 0.1) is 11.8 Å². The average Bonchev–Trinajstić information content (AvgIpc) is 3.06. The van der Waals surface area contributed by atoms with Crippen LogP contribution in [0.25, 0.3) is 0 Å². The molecule has 0 aromatic rings. The molecule has 0 saturated heterocycles. The van der Waals surface area contributed by atoms with Crippen molar-refractivity contribution < 1.29 is 40.5 Å². The molecule has 0 radical (unpaired) electrons. The van der Waals surface area contributed by atoms with Crippen molar-refractivity contribution in [1.82, 2.24) is 0 Å². The Morgan fingerprint density at radius 1 is 1.03 bits per heavy atom. The first kappa shape index (κ1) is 32.7. The van der Waals surface area contributed by atoms with Gasteiger partial charge in [-0.15, -0.1) is 0 Å². The molecule has 1 aliphatic carbocycles. The number of aliphatic carboxylic acids is 1. The number of carboxylic acid groups (broad SMARTS) is 1. The highest BCUT2D eigenvalue weighted by Crippen LogP contribution is 2.37. The van der Waals surface area contributed by atoms with E-state index in [1.165, 1.54) is 0 Å². The van der Waals surface area contributed by atoms with E-state index in [0.717, 1.165) is 19.3 Å². The summed E-state index contributed by atoms with van der Waals surface area (Å²) in [4.78, 5) is 10.5. The third-order valence-corrected chi connectivity index (χ3v) is 6.16. The number of aliphatic hydroxyl groups excluding tert-OH is 5. The Labute approximate surface area is 203 Å². The summed E-state index contributed by atoms with van der Waals surface area (Å²) in [7, 11) is 0. The second-order valence-electron chi connectivity index (χ2n) is 9.61. The molecule has 9 N–H and O–H groups in total. The van der Waals surface area contributed by atoms with Gasteiger partial charge in [0.15, 0.2) is 0 Å². The molecule has 1 fully saturated rings. The number of aliphatic hydroxyl groups is 6. The third kappa shape index (κ3) is 13.5. The van der Waals surface area contributed by atoms with Crippen LogP contribution in [0.15, 0.2) is 24.3 Å². The molecule has 34 heavy (non-hydrogen) atoms. The number of nitrogens with two attached hydrogens (primary N) is 1. The van der Waals surface area contributed by atoms with E-state index in [4.69, 9.17) is 26.2 Å². The fourth-order valence-electron chi connectivity index (χ4n) is 3.73. The van der Waals surface area contributed by atoms with Crippen LogP contribution in [0.4, 0.5) is 0 Å². The minimum Gasteiger partial charge on any atom is -0.481 e. The maximum Gasteiger partial charge on any atom is 0.303 e. The van der Waals surface area contributed by atoms with Gasteiger partial charge in [-0.1, -0.05) is 50.5 Å².